The fraction of sp³-hybridized carbons (Fsp3) is 0.500. The molecule has 0 aromatic carbocycles. The normalized spacial score (nSPS) is 19.6. The summed E-state index contributed by atoms with van der Waals surface area (Å²) in [4.78, 5) is 14.3. The van der Waals surface area contributed by atoms with Gasteiger partial charge in [0.1, 0.15) is 11.4 Å². The van der Waals surface area contributed by atoms with Gasteiger partial charge in [-0.15, -0.1) is 0 Å². The van der Waals surface area contributed by atoms with E-state index in [1.807, 2.05) is 0 Å². The van der Waals surface area contributed by atoms with Crippen molar-refractivity contribution in [3.05, 3.63) is 24.0 Å². The predicted molar refractivity (Wildman–Crippen MR) is 58.7 cm³/mol. The Bertz CT molecular complexity index is 331. The molecule has 0 saturated carbocycles. The number of hydrogen-bond acceptors (Lipinski definition) is 4. The minimum absolute atomic E-state index is 0.349. The van der Waals surface area contributed by atoms with Gasteiger partial charge >= 0.3 is 0 Å². The second-order valence-corrected chi connectivity index (χ2v) is 3.81. The Kier molecular flexibility index (Phi) is 3.88. The van der Waals surface area contributed by atoms with Gasteiger partial charge in [-0.1, -0.05) is 0 Å². The average Bonchev–Trinajstić information content (AvgIpc) is 2.83. The molecule has 0 N–H and O–H groups in total. The van der Waals surface area contributed by atoms with E-state index in [1.54, 1.807) is 18.3 Å². The second kappa shape index (κ2) is 5.61. The smallest absolute Gasteiger partial charge is 0.168 e. The molecule has 1 aliphatic heterocycles. The highest BCUT2D eigenvalue weighted by Gasteiger charge is 2.14. The summed E-state index contributed by atoms with van der Waals surface area (Å²) in [5.74, 6) is 0.698. The summed E-state index contributed by atoms with van der Waals surface area (Å²) >= 11 is 0. The van der Waals surface area contributed by atoms with Crippen LogP contribution in [-0.2, 0) is 4.74 Å². The van der Waals surface area contributed by atoms with E-state index in [0.29, 0.717) is 24.2 Å². The highest BCUT2D eigenvalue weighted by Crippen LogP contribution is 2.16. The van der Waals surface area contributed by atoms with Crippen LogP contribution in [0.25, 0.3) is 0 Å². The van der Waals surface area contributed by atoms with Crippen LogP contribution in [-0.4, -0.2) is 30.6 Å². The van der Waals surface area contributed by atoms with E-state index in [0.717, 1.165) is 32.2 Å². The Morgan fingerprint density at radius 2 is 2.50 bits per heavy atom. The van der Waals surface area contributed by atoms with E-state index in [1.165, 1.54) is 0 Å². The van der Waals surface area contributed by atoms with Gasteiger partial charge in [0.15, 0.2) is 6.29 Å². The minimum atomic E-state index is 0.349. The van der Waals surface area contributed by atoms with Crippen LogP contribution in [0.15, 0.2) is 18.3 Å². The lowest BCUT2D eigenvalue weighted by molar-refractivity contribution is 0.0903. The van der Waals surface area contributed by atoms with Crippen molar-refractivity contribution in [3.8, 4) is 5.75 Å². The first-order valence-corrected chi connectivity index (χ1v) is 5.54. The fourth-order valence-electron chi connectivity index (χ4n) is 1.73. The number of carbonyl (C=O) groups excluding carboxylic acids is 1. The van der Waals surface area contributed by atoms with Gasteiger partial charge in [-0.3, -0.25) is 4.79 Å². The summed E-state index contributed by atoms with van der Waals surface area (Å²) in [5, 5.41) is 0. The van der Waals surface area contributed by atoms with Crippen molar-refractivity contribution in [2.24, 2.45) is 0 Å². The van der Waals surface area contributed by atoms with Gasteiger partial charge in [0.05, 0.1) is 18.9 Å². The summed E-state index contributed by atoms with van der Waals surface area (Å²) in [6, 6.07) is 3.40. The highest BCUT2D eigenvalue weighted by molar-refractivity contribution is 5.71. The largest absolute Gasteiger partial charge is 0.492 e. The number of rotatable bonds is 5. The van der Waals surface area contributed by atoms with Gasteiger partial charge in [-0.05, 0) is 25.0 Å². The molecule has 1 aromatic heterocycles. The van der Waals surface area contributed by atoms with Crippen molar-refractivity contribution in [1.29, 1.82) is 0 Å². The van der Waals surface area contributed by atoms with Crippen molar-refractivity contribution in [1.82, 2.24) is 4.98 Å². The first-order valence-electron chi connectivity index (χ1n) is 5.54. The van der Waals surface area contributed by atoms with Crippen molar-refractivity contribution >= 4 is 6.29 Å². The van der Waals surface area contributed by atoms with Gasteiger partial charge in [0.25, 0.3) is 0 Å². The summed E-state index contributed by atoms with van der Waals surface area (Å²) in [7, 11) is 0. The zero-order valence-electron chi connectivity index (χ0n) is 9.09. The predicted octanol–water partition coefficient (Wildman–Crippen LogP) is 1.84. The van der Waals surface area contributed by atoms with Crippen molar-refractivity contribution in [2.75, 3.05) is 13.2 Å². The van der Waals surface area contributed by atoms with Gasteiger partial charge in [0, 0.05) is 13.0 Å². The van der Waals surface area contributed by atoms with Crippen LogP contribution in [0.2, 0.25) is 0 Å². The Hall–Kier alpha value is -1.42. The molecule has 0 amide bonds. The Morgan fingerprint density at radius 3 is 3.12 bits per heavy atom. The third-order valence-corrected chi connectivity index (χ3v) is 2.61. The molecule has 0 radical (unpaired) electrons. The third-order valence-electron chi connectivity index (χ3n) is 2.61. The summed E-state index contributed by atoms with van der Waals surface area (Å²) in [5.41, 5.74) is 0.423. The van der Waals surface area contributed by atoms with Crippen LogP contribution in [0.1, 0.15) is 29.8 Å². The number of aldehydes is 1. The van der Waals surface area contributed by atoms with Crippen molar-refractivity contribution in [3.63, 3.8) is 0 Å². The maximum absolute atomic E-state index is 10.4. The monoisotopic (exact) mass is 221 g/mol. The molecule has 4 heteroatoms. The lowest BCUT2D eigenvalue weighted by atomic mass is 10.2. The molecule has 1 atom stereocenters. The molecule has 0 aliphatic carbocycles. The SMILES string of the molecule is O=Cc1ccc(OCCC2CCCO2)cn1. The molecule has 4 nitrogen and oxygen atoms in total. The minimum Gasteiger partial charge on any atom is -0.492 e. The molecule has 2 rings (SSSR count). The van der Waals surface area contributed by atoms with E-state index in [4.69, 9.17) is 9.47 Å². The molecule has 1 aliphatic rings. The van der Waals surface area contributed by atoms with Gasteiger partial charge in [-0.25, -0.2) is 4.98 Å². The molecule has 16 heavy (non-hydrogen) atoms. The lowest BCUT2D eigenvalue weighted by Gasteiger charge is -2.10. The molecule has 1 unspecified atom stereocenters. The molecule has 0 spiro atoms. The fourth-order valence-corrected chi connectivity index (χ4v) is 1.73. The summed E-state index contributed by atoms with van der Waals surface area (Å²) in [6.07, 6.45) is 5.83. The molecule has 1 saturated heterocycles. The third kappa shape index (κ3) is 3.03. The second-order valence-electron chi connectivity index (χ2n) is 3.81. The number of nitrogens with zero attached hydrogens (tertiary/aromatic N) is 1. The Labute approximate surface area is 94.6 Å². The van der Waals surface area contributed by atoms with Crippen LogP contribution in [0.3, 0.4) is 0 Å². The van der Waals surface area contributed by atoms with Gasteiger partial charge in [0.2, 0.25) is 0 Å². The van der Waals surface area contributed by atoms with E-state index in [-0.39, 0.29) is 0 Å². The van der Waals surface area contributed by atoms with Crippen LogP contribution in [0.5, 0.6) is 5.75 Å². The number of aromatic nitrogens is 1. The molecule has 1 aromatic rings. The molecule has 2 heterocycles. The molecule has 86 valence electrons. The van der Waals surface area contributed by atoms with E-state index >= 15 is 0 Å². The number of hydrogen-bond donors (Lipinski definition) is 0. The maximum Gasteiger partial charge on any atom is 0.168 e. The topological polar surface area (TPSA) is 48.4 Å². The van der Waals surface area contributed by atoms with Crippen LogP contribution < -0.4 is 4.74 Å². The average molecular weight is 221 g/mol. The lowest BCUT2D eigenvalue weighted by Crippen LogP contribution is -2.10. The summed E-state index contributed by atoms with van der Waals surface area (Å²) < 4.78 is 11.0. The van der Waals surface area contributed by atoms with Gasteiger partial charge in [-0.2, -0.15) is 0 Å². The van der Waals surface area contributed by atoms with Gasteiger partial charge < -0.3 is 9.47 Å². The molecular weight excluding hydrogens is 206 g/mol. The quantitative estimate of drug-likeness (QED) is 0.712. The maximum atomic E-state index is 10.4. The van der Waals surface area contributed by atoms with Crippen LogP contribution in [0.4, 0.5) is 0 Å². The zero-order valence-corrected chi connectivity index (χ0v) is 9.09. The Balaban J connectivity index is 1.73. The first kappa shape index (κ1) is 11.1. The zero-order chi connectivity index (χ0) is 11.2. The number of carbonyl (C=O) groups is 1. The molecule has 0 bridgehead atoms. The summed E-state index contributed by atoms with van der Waals surface area (Å²) in [6.45, 7) is 1.51. The standard InChI is InChI=1S/C12H15NO3/c14-9-10-3-4-12(8-13-10)16-7-5-11-2-1-6-15-11/h3-4,8-9,11H,1-2,5-7H2. The van der Waals surface area contributed by atoms with Crippen LogP contribution in [0, 0.1) is 0 Å². The number of pyridine rings is 1. The van der Waals surface area contributed by atoms with Crippen molar-refractivity contribution in [2.45, 2.75) is 25.4 Å². The number of ether oxygens (including phenoxy) is 2. The molecular formula is C12H15NO3. The van der Waals surface area contributed by atoms with E-state index in [9.17, 15) is 4.79 Å². The van der Waals surface area contributed by atoms with E-state index in [2.05, 4.69) is 4.98 Å². The first-order chi connectivity index (χ1) is 7.88. The van der Waals surface area contributed by atoms with E-state index < -0.39 is 0 Å². The highest BCUT2D eigenvalue weighted by atomic mass is 16.5. The van der Waals surface area contributed by atoms with Crippen LogP contribution >= 0.6 is 0 Å². The Morgan fingerprint density at radius 1 is 1.56 bits per heavy atom. The van der Waals surface area contributed by atoms with Crippen molar-refractivity contribution < 1.29 is 14.3 Å². The molecule has 1 fully saturated rings.